The molecule has 3 rings (SSSR count). The minimum Gasteiger partial charge on any atom is -0.491 e. The smallest absolute Gasteiger partial charge is 0.217 e. The molecule has 0 aromatic heterocycles. The Morgan fingerprint density at radius 1 is 1.58 bits per heavy atom. The van der Waals surface area contributed by atoms with E-state index in [-0.39, 0.29) is 17.9 Å². The van der Waals surface area contributed by atoms with Crippen molar-refractivity contribution in [2.24, 2.45) is 15.7 Å². The van der Waals surface area contributed by atoms with Gasteiger partial charge in [-0.05, 0) is 12.1 Å². The largest absolute Gasteiger partial charge is 0.491 e. The van der Waals surface area contributed by atoms with Gasteiger partial charge >= 0.3 is 0 Å². The van der Waals surface area contributed by atoms with Crippen molar-refractivity contribution in [1.29, 1.82) is 0 Å². The summed E-state index contributed by atoms with van der Waals surface area (Å²) >= 11 is 5.77. The lowest BCUT2D eigenvalue weighted by Crippen LogP contribution is -2.50. The zero-order valence-corrected chi connectivity index (χ0v) is 10.8. The molecule has 2 heterocycles. The van der Waals surface area contributed by atoms with Gasteiger partial charge in [-0.25, -0.2) is 19.4 Å². The Bertz CT molecular complexity index is 603. The maximum Gasteiger partial charge on any atom is 0.217 e. The van der Waals surface area contributed by atoms with Crippen molar-refractivity contribution in [2.75, 3.05) is 13.0 Å². The van der Waals surface area contributed by atoms with Crippen molar-refractivity contribution in [2.45, 2.75) is 6.17 Å². The number of hydrogen-bond donors (Lipinski definition) is 2. The first-order chi connectivity index (χ1) is 9.15. The number of guanidine groups is 1. The van der Waals surface area contributed by atoms with Crippen molar-refractivity contribution < 1.29 is 9.13 Å². The number of hydrazine groups is 1. The fourth-order valence-electron chi connectivity index (χ4n) is 2.07. The lowest BCUT2D eigenvalue weighted by Gasteiger charge is -2.25. The summed E-state index contributed by atoms with van der Waals surface area (Å²) in [5, 5.41) is 1.53. The van der Waals surface area contributed by atoms with Gasteiger partial charge in [0.1, 0.15) is 11.9 Å². The van der Waals surface area contributed by atoms with Crippen LogP contribution < -0.4 is 15.9 Å². The molecular formula is C11H11ClFN5O. The number of nitrogens with two attached hydrogens (primary N) is 1. The first kappa shape index (κ1) is 12.2. The summed E-state index contributed by atoms with van der Waals surface area (Å²) in [6, 6.07) is 2.90. The highest BCUT2D eigenvalue weighted by molar-refractivity contribution is 6.19. The fraction of sp³-hybridized carbons (Fsp3) is 0.273. The minimum absolute atomic E-state index is 0.0529. The summed E-state index contributed by atoms with van der Waals surface area (Å²) < 4.78 is 18.7. The Balaban J connectivity index is 2.20. The molecule has 0 radical (unpaired) electrons. The number of fused-ring (bicyclic) bond motifs is 3. The first-order valence-electron chi connectivity index (χ1n) is 5.56. The van der Waals surface area contributed by atoms with Crippen LogP contribution in [0.1, 0.15) is 5.56 Å². The van der Waals surface area contributed by atoms with Crippen LogP contribution in [0.3, 0.4) is 0 Å². The zero-order chi connectivity index (χ0) is 13.6. The molecule has 2 aliphatic rings. The van der Waals surface area contributed by atoms with Crippen LogP contribution in [0.15, 0.2) is 22.1 Å². The van der Waals surface area contributed by atoms with Gasteiger partial charge in [0.2, 0.25) is 5.96 Å². The predicted octanol–water partition coefficient (Wildman–Crippen LogP) is 0.926. The summed E-state index contributed by atoms with van der Waals surface area (Å²) in [5.74, 6) is 0.582. The maximum atomic E-state index is 13.7. The molecule has 6 nitrogen and oxygen atoms in total. The molecule has 0 aliphatic carbocycles. The van der Waals surface area contributed by atoms with Gasteiger partial charge in [-0.2, -0.15) is 5.43 Å². The SMILES string of the molecule is COc1c(F)ccc2c1N=C(N)N1NC(CCl)N=C21. The fourth-order valence-corrected chi connectivity index (χ4v) is 2.21. The molecule has 8 heteroatoms. The van der Waals surface area contributed by atoms with Crippen LogP contribution in [0.4, 0.5) is 10.1 Å². The van der Waals surface area contributed by atoms with Crippen LogP contribution in [0, 0.1) is 5.82 Å². The number of benzene rings is 1. The normalized spacial score (nSPS) is 20.6. The lowest BCUT2D eigenvalue weighted by atomic mass is 10.1. The number of methoxy groups -OCH3 is 1. The number of halogens is 2. The van der Waals surface area contributed by atoms with Gasteiger partial charge in [0.25, 0.3) is 0 Å². The number of amidine groups is 1. The van der Waals surface area contributed by atoms with E-state index in [1.165, 1.54) is 18.2 Å². The topological polar surface area (TPSA) is 75.2 Å². The number of nitrogens with zero attached hydrogens (tertiary/aromatic N) is 3. The van der Waals surface area contributed by atoms with E-state index in [1.54, 1.807) is 6.07 Å². The van der Waals surface area contributed by atoms with Gasteiger partial charge in [-0.15, -0.1) is 11.6 Å². The number of aliphatic imine (C=N–C) groups is 2. The van der Waals surface area contributed by atoms with Gasteiger partial charge < -0.3 is 10.5 Å². The third-order valence-corrected chi connectivity index (χ3v) is 3.19. The number of ether oxygens (including phenoxy) is 1. The zero-order valence-electron chi connectivity index (χ0n) is 10.0. The highest BCUT2D eigenvalue weighted by Crippen LogP contribution is 2.38. The second kappa shape index (κ2) is 4.36. The van der Waals surface area contributed by atoms with Crippen molar-refractivity contribution in [3.63, 3.8) is 0 Å². The van der Waals surface area contributed by atoms with Crippen molar-refractivity contribution >= 4 is 29.1 Å². The Hall–Kier alpha value is -1.86. The third-order valence-electron chi connectivity index (χ3n) is 2.90. The molecule has 0 spiro atoms. The first-order valence-corrected chi connectivity index (χ1v) is 6.10. The Morgan fingerprint density at radius 3 is 3.05 bits per heavy atom. The quantitative estimate of drug-likeness (QED) is 0.792. The molecule has 1 aromatic carbocycles. The lowest BCUT2D eigenvalue weighted by molar-refractivity contribution is 0.386. The van der Waals surface area contributed by atoms with Gasteiger partial charge in [-0.3, -0.25) is 0 Å². The summed E-state index contributed by atoms with van der Waals surface area (Å²) in [4.78, 5) is 8.54. The Labute approximate surface area is 113 Å². The molecule has 1 aromatic rings. The van der Waals surface area contributed by atoms with E-state index in [9.17, 15) is 4.39 Å². The summed E-state index contributed by atoms with van der Waals surface area (Å²) in [6.45, 7) is 0. The van der Waals surface area contributed by atoms with Crippen LogP contribution in [0.2, 0.25) is 0 Å². The van der Waals surface area contributed by atoms with Crippen LogP contribution in [0.5, 0.6) is 5.75 Å². The molecule has 100 valence electrons. The number of nitrogens with one attached hydrogen (secondary N) is 1. The van der Waals surface area contributed by atoms with E-state index in [0.717, 1.165) is 0 Å². The highest BCUT2D eigenvalue weighted by atomic mass is 35.5. The van der Waals surface area contributed by atoms with E-state index >= 15 is 0 Å². The molecule has 2 aliphatic heterocycles. The van der Waals surface area contributed by atoms with Gasteiger partial charge in [0, 0.05) is 5.56 Å². The van der Waals surface area contributed by atoms with E-state index in [4.69, 9.17) is 22.1 Å². The van der Waals surface area contributed by atoms with Crippen molar-refractivity contribution in [1.82, 2.24) is 10.4 Å². The van der Waals surface area contributed by atoms with E-state index in [0.29, 0.717) is 23.0 Å². The molecule has 0 bridgehead atoms. The summed E-state index contributed by atoms with van der Waals surface area (Å²) in [5.41, 5.74) is 9.82. The minimum atomic E-state index is -0.494. The van der Waals surface area contributed by atoms with Crippen LogP contribution in [-0.4, -0.2) is 36.0 Å². The maximum absolute atomic E-state index is 13.7. The van der Waals surface area contributed by atoms with Crippen LogP contribution in [-0.2, 0) is 0 Å². The van der Waals surface area contributed by atoms with E-state index in [2.05, 4.69) is 15.4 Å². The summed E-state index contributed by atoms with van der Waals surface area (Å²) in [6.07, 6.45) is -0.285. The molecule has 1 atom stereocenters. The van der Waals surface area contributed by atoms with Crippen LogP contribution >= 0.6 is 11.6 Å². The van der Waals surface area contributed by atoms with Crippen LogP contribution in [0.25, 0.3) is 0 Å². The molecule has 0 saturated heterocycles. The standard InChI is InChI=1S/C11H11ClFN5O/c1-19-9-6(13)3-2-5-8(9)16-11(14)18-10(5)15-7(4-12)17-18/h2-3,7,17H,4H2,1H3,(H2,14,16). The average molecular weight is 284 g/mol. The monoisotopic (exact) mass is 283 g/mol. The van der Waals surface area contributed by atoms with Crippen molar-refractivity contribution in [3.8, 4) is 5.75 Å². The molecule has 0 saturated carbocycles. The molecular weight excluding hydrogens is 273 g/mol. The van der Waals surface area contributed by atoms with Gasteiger partial charge in [-0.1, -0.05) is 0 Å². The Kier molecular flexibility index (Phi) is 2.79. The molecule has 1 unspecified atom stereocenters. The molecule has 3 N–H and O–H groups in total. The average Bonchev–Trinajstić information content (AvgIpc) is 2.83. The number of rotatable bonds is 2. The molecule has 0 amide bonds. The molecule has 19 heavy (non-hydrogen) atoms. The highest BCUT2D eigenvalue weighted by Gasteiger charge is 2.34. The number of alkyl halides is 1. The predicted molar refractivity (Wildman–Crippen MR) is 70.3 cm³/mol. The van der Waals surface area contributed by atoms with Gasteiger partial charge in [0.05, 0.1) is 13.0 Å². The number of hydrogen-bond acceptors (Lipinski definition) is 6. The summed E-state index contributed by atoms with van der Waals surface area (Å²) in [7, 11) is 1.38. The van der Waals surface area contributed by atoms with Gasteiger partial charge in [0.15, 0.2) is 17.4 Å². The Morgan fingerprint density at radius 2 is 2.37 bits per heavy atom. The second-order valence-corrected chi connectivity index (χ2v) is 4.34. The van der Waals surface area contributed by atoms with Crippen molar-refractivity contribution in [3.05, 3.63) is 23.5 Å². The second-order valence-electron chi connectivity index (χ2n) is 4.03. The molecule has 0 fully saturated rings. The van der Waals surface area contributed by atoms with E-state index < -0.39 is 5.82 Å². The third kappa shape index (κ3) is 1.73. The van der Waals surface area contributed by atoms with E-state index in [1.807, 2.05) is 0 Å².